The minimum atomic E-state index is -0.115. The topological polar surface area (TPSA) is 44.4 Å². The molecular weight excluding hydrogens is 338 g/mol. The van der Waals surface area contributed by atoms with Gasteiger partial charge in [-0.3, -0.25) is 4.90 Å². The van der Waals surface area contributed by atoms with Gasteiger partial charge in [-0.15, -0.1) is 23.1 Å². The number of rotatable bonds is 5. The molecule has 4 nitrogen and oxygen atoms in total. The van der Waals surface area contributed by atoms with Gasteiger partial charge in [0.1, 0.15) is 0 Å². The number of urea groups is 1. The van der Waals surface area contributed by atoms with E-state index in [0.717, 1.165) is 43.1 Å². The van der Waals surface area contributed by atoms with Gasteiger partial charge in [-0.05, 0) is 55.3 Å². The van der Waals surface area contributed by atoms with Crippen molar-refractivity contribution in [3.05, 3.63) is 46.7 Å². The van der Waals surface area contributed by atoms with Gasteiger partial charge in [0.05, 0.1) is 0 Å². The van der Waals surface area contributed by atoms with Gasteiger partial charge in [-0.1, -0.05) is 12.1 Å². The van der Waals surface area contributed by atoms with Crippen LogP contribution in [-0.2, 0) is 6.54 Å². The van der Waals surface area contributed by atoms with Gasteiger partial charge in [-0.2, -0.15) is 0 Å². The molecule has 0 saturated carbocycles. The van der Waals surface area contributed by atoms with Crippen LogP contribution < -0.4 is 10.6 Å². The van der Waals surface area contributed by atoms with E-state index in [1.807, 2.05) is 30.5 Å². The van der Waals surface area contributed by atoms with Gasteiger partial charge in [0.15, 0.2) is 0 Å². The molecule has 2 aromatic rings. The third kappa shape index (κ3) is 5.00. The van der Waals surface area contributed by atoms with Crippen LogP contribution >= 0.6 is 23.1 Å². The Kier molecular flexibility index (Phi) is 6.18. The van der Waals surface area contributed by atoms with Crippen LogP contribution in [-0.4, -0.2) is 36.3 Å². The number of likely N-dealkylation sites (tertiary alicyclic amines) is 1. The summed E-state index contributed by atoms with van der Waals surface area (Å²) in [6.07, 6.45) is 4.20. The van der Waals surface area contributed by atoms with Crippen molar-refractivity contribution >= 4 is 34.8 Å². The lowest BCUT2D eigenvalue weighted by Crippen LogP contribution is -2.48. The number of benzene rings is 1. The second kappa shape index (κ2) is 8.55. The fourth-order valence-electron chi connectivity index (χ4n) is 2.99. The number of hydrogen-bond donors (Lipinski definition) is 2. The predicted molar refractivity (Wildman–Crippen MR) is 103 cm³/mol. The van der Waals surface area contributed by atoms with Crippen LogP contribution in [0.2, 0.25) is 0 Å². The lowest BCUT2D eigenvalue weighted by Gasteiger charge is -2.32. The number of carbonyl (C=O) groups is 1. The van der Waals surface area contributed by atoms with E-state index in [1.54, 1.807) is 23.1 Å². The van der Waals surface area contributed by atoms with Gasteiger partial charge in [-0.25, -0.2) is 4.79 Å². The van der Waals surface area contributed by atoms with Gasteiger partial charge < -0.3 is 10.6 Å². The molecule has 1 unspecified atom stereocenters. The molecule has 1 atom stereocenters. The largest absolute Gasteiger partial charge is 0.334 e. The van der Waals surface area contributed by atoms with Crippen molar-refractivity contribution in [1.82, 2.24) is 10.2 Å². The second-order valence-electron chi connectivity index (χ2n) is 5.98. The van der Waals surface area contributed by atoms with Crippen molar-refractivity contribution in [3.63, 3.8) is 0 Å². The van der Waals surface area contributed by atoms with Crippen LogP contribution in [0.4, 0.5) is 10.5 Å². The SMILES string of the molecule is CSc1cccc(NC(=O)NC2CCCN(Cc3cccs3)C2)c1. The number of thiophene rings is 1. The van der Waals surface area contributed by atoms with Gasteiger partial charge >= 0.3 is 6.03 Å². The molecule has 1 aliphatic heterocycles. The minimum Gasteiger partial charge on any atom is -0.334 e. The summed E-state index contributed by atoms with van der Waals surface area (Å²) >= 11 is 3.46. The maximum absolute atomic E-state index is 12.3. The highest BCUT2D eigenvalue weighted by Gasteiger charge is 2.21. The van der Waals surface area contributed by atoms with Crippen LogP contribution in [0.5, 0.6) is 0 Å². The quantitative estimate of drug-likeness (QED) is 0.782. The van der Waals surface area contributed by atoms with E-state index in [4.69, 9.17) is 0 Å². The summed E-state index contributed by atoms with van der Waals surface area (Å²) in [5, 5.41) is 8.18. The molecule has 2 heterocycles. The molecule has 0 radical (unpaired) electrons. The molecule has 1 aromatic carbocycles. The molecule has 1 aromatic heterocycles. The van der Waals surface area contributed by atoms with Crippen LogP contribution in [0.25, 0.3) is 0 Å². The van der Waals surface area contributed by atoms with Crippen LogP contribution in [0.3, 0.4) is 0 Å². The summed E-state index contributed by atoms with van der Waals surface area (Å²) in [5.74, 6) is 0. The number of anilines is 1. The highest BCUT2D eigenvalue weighted by molar-refractivity contribution is 7.98. The third-order valence-corrected chi connectivity index (χ3v) is 5.71. The molecule has 1 aliphatic rings. The monoisotopic (exact) mass is 361 g/mol. The number of carbonyl (C=O) groups excluding carboxylic acids is 1. The van der Waals surface area contributed by atoms with Crippen LogP contribution in [0, 0.1) is 0 Å². The minimum absolute atomic E-state index is 0.115. The summed E-state index contributed by atoms with van der Waals surface area (Å²) in [7, 11) is 0. The predicted octanol–water partition coefficient (Wildman–Crippen LogP) is 4.26. The van der Waals surface area contributed by atoms with Crippen molar-refractivity contribution in [3.8, 4) is 0 Å². The van der Waals surface area contributed by atoms with E-state index < -0.39 is 0 Å². The molecule has 2 N–H and O–H groups in total. The molecule has 0 spiro atoms. The Hall–Kier alpha value is -1.50. The van der Waals surface area contributed by atoms with E-state index >= 15 is 0 Å². The number of thioether (sulfide) groups is 1. The van der Waals surface area contributed by atoms with Crippen molar-refractivity contribution in [1.29, 1.82) is 0 Å². The second-order valence-corrected chi connectivity index (χ2v) is 7.90. The maximum atomic E-state index is 12.3. The van der Waals surface area contributed by atoms with E-state index in [-0.39, 0.29) is 12.1 Å². The van der Waals surface area contributed by atoms with Gasteiger partial charge in [0.25, 0.3) is 0 Å². The van der Waals surface area contributed by atoms with Crippen molar-refractivity contribution < 1.29 is 4.79 Å². The fourth-order valence-corrected chi connectivity index (χ4v) is 4.20. The van der Waals surface area contributed by atoms with Crippen molar-refractivity contribution in [2.75, 3.05) is 24.7 Å². The summed E-state index contributed by atoms with van der Waals surface area (Å²) in [6.45, 7) is 3.00. The van der Waals surface area contributed by atoms with E-state index in [1.165, 1.54) is 4.88 Å². The number of hydrogen-bond acceptors (Lipinski definition) is 4. The Balaban J connectivity index is 1.50. The zero-order chi connectivity index (χ0) is 16.8. The zero-order valence-electron chi connectivity index (χ0n) is 13.8. The fraction of sp³-hybridized carbons (Fsp3) is 0.389. The first-order valence-corrected chi connectivity index (χ1v) is 10.3. The smallest absolute Gasteiger partial charge is 0.319 e. The molecule has 0 aliphatic carbocycles. The summed E-state index contributed by atoms with van der Waals surface area (Å²) in [4.78, 5) is 17.2. The molecule has 1 fully saturated rings. The highest BCUT2D eigenvalue weighted by atomic mass is 32.2. The number of amides is 2. The Morgan fingerprint density at radius 3 is 3.08 bits per heavy atom. The number of nitrogens with zero attached hydrogens (tertiary/aromatic N) is 1. The Morgan fingerprint density at radius 2 is 2.29 bits per heavy atom. The Morgan fingerprint density at radius 1 is 1.38 bits per heavy atom. The van der Waals surface area contributed by atoms with E-state index in [2.05, 4.69) is 33.0 Å². The first kappa shape index (κ1) is 17.3. The molecule has 6 heteroatoms. The molecule has 128 valence electrons. The summed E-state index contributed by atoms with van der Waals surface area (Å²) in [5.41, 5.74) is 0.839. The first-order chi connectivity index (χ1) is 11.7. The van der Waals surface area contributed by atoms with Crippen molar-refractivity contribution in [2.24, 2.45) is 0 Å². The average Bonchev–Trinajstić information content (AvgIpc) is 3.08. The number of piperidine rings is 1. The molecule has 1 saturated heterocycles. The third-order valence-electron chi connectivity index (χ3n) is 4.13. The molecule has 3 rings (SSSR count). The summed E-state index contributed by atoms with van der Waals surface area (Å²) in [6, 6.07) is 12.3. The van der Waals surface area contributed by atoms with Crippen LogP contribution in [0.1, 0.15) is 17.7 Å². The first-order valence-electron chi connectivity index (χ1n) is 8.19. The Labute approximate surface area is 151 Å². The lowest BCUT2D eigenvalue weighted by molar-refractivity contribution is 0.184. The van der Waals surface area contributed by atoms with E-state index in [9.17, 15) is 4.79 Å². The van der Waals surface area contributed by atoms with Gasteiger partial charge in [0, 0.05) is 34.6 Å². The zero-order valence-corrected chi connectivity index (χ0v) is 15.5. The maximum Gasteiger partial charge on any atom is 0.319 e. The molecule has 2 amide bonds. The van der Waals surface area contributed by atoms with Gasteiger partial charge in [0.2, 0.25) is 0 Å². The lowest BCUT2D eigenvalue weighted by atomic mass is 10.1. The molecular formula is C18H23N3OS2. The molecule has 0 bridgehead atoms. The normalized spacial score (nSPS) is 18.3. The average molecular weight is 362 g/mol. The van der Waals surface area contributed by atoms with E-state index in [0.29, 0.717) is 0 Å². The van der Waals surface area contributed by atoms with Crippen LogP contribution in [0.15, 0.2) is 46.7 Å². The standard InChI is InChI=1S/C18H23N3OS2/c1-23-16-7-2-5-14(11-16)19-18(22)20-15-6-3-9-21(12-15)13-17-8-4-10-24-17/h2,4-5,7-8,10-11,15H,3,6,9,12-13H2,1H3,(H2,19,20,22). The highest BCUT2D eigenvalue weighted by Crippen LogP contribution is 2.19. The van der Waals surface area contributed by atoms with Crippen molar-refractivity contribution in [2.45, 2.75) is 30.3 Å². The number of nitrogens with one attached hydrogen (secondary N) is 2. The molecule has 24 heavy (non-hydrogen) atoms. The summed E-state index contributed by atoms with van der Waals surface area (Å²) < 4.78 is 0. The Bertz CT molecular complexity index is 660.